The summed E-state index contributed by atoms with van der Waals surface area (Å²) in [6, 6.07) is 7.95. The van der Waals surface area contributed by atoms with Crippen LogP contribution >= 0.6 is 23.1 Å². The summed E-state index contributed by atoms with van der Waals surface area (Å²) in [6.07, 6.45) is 0. The van der Waals surface area contributed by atoms with Crippen LogP contribution in [0.4, 0.5) is 0 Å². The van der Waals surface area contributed by atoms with Crippen LogP contribution in [0, 0.1) is 20.8 Å². The third-order valence-electron chi connectivity index (χ3n) is 4.63. The lowest BCUT2D eigenvalue weighted by atomic mass is 10.1. The predicted molar refractivity (Wildman–Crippen MR) is 113 cm³/mol. The molecule has 4 rings (SSSR count). The van der Waals surface area contributed by atoms with Crippen molar-refractivity contribution < 1.29 is 4.42 Å². The molecule has 3 aromatic heterocycles. The molecular weight excluding hydrogens is 392 g/mol. The summed E-state index contributed by atoms with van der Waals surface area (Å²) in [7, 11) is 0. The smallest absolute Gasteiger partial charge is 0.263 e. The molecule has 6 nitrogen and oxygen atoms in total. The normalized spacial score (nSPS) is 11.4. The third-order valence-corrected chi connectivity index (χ3v) is 6.69. The van der Waals surface area contributed by atoms with Crippen molar-refractivity contribution >= 4 is 33.3 Å². The first kappa shape index (κ1) is 18.9. The van der Waals surface area contributed by atoms with Gasteiger partial charge in [0.25, 0.3) is 5.56 Å². The molecule has 0 radical (unpaired) electrons. The standard InChI is InChI=1S/C20H20N4O2S2/c1-5-24-19(25)16-12(3)13(4)28-18(16)21-20(24)27-10-15-22-23-17(26-15)14-8-6-7-11(2)9-14/h6-9H,5,10H2,1-4H3. The first-order valence-electron chi connectivity index (χ1n) is 9.00. The molecule has 0 saturated carbocycles. The van der Waals surface area contributed by atoms with E-state index in [1.165, 1.54) is 11.8 Å². The molecular formula is C20H20N4O2S2. The second kappa shape index (κ2) is 7.52. The molecule has 144 valence electrons. The number of benzene rings is 1. The number of nitrogens with zero attached hydrogens (tertiary/aromatic N) is 4. The van der Waals surface area contributed by atoms with Gasteiger partial charge < -0.3 is 4.42 Å². The Morgan fingerprint density at radius 2 is 2.04 bits per heavy atom. The number of thiophene rings is 1. The van der Waals surface area contributed by atoms with Gasteiger partial charge in [0, 0.05) is 17.0 Å². The van der Waals surface area contributed by atoms with Crippen LogP contribution in [0.1, 0.15) is 28.8 Å². The number of aromatic nitrogens is 4. The summed E-state index contributed by atoms with van der Waals surface area (Å²) in [5.74, 6) is 1.47. The Morgan fingerprint density at radius 1 is 1.21 bits per heavy atom. The van der Waals surface area contributed by atoms with E-state index >= 15 is 0 Å². The van der Waals surface area contributed by atoms with Gasteiger partial charge in [0.2, 0.25) is 11.8 Å². The first-order chi connectivity index (χ1) is 13.5. The fourth-order valence-electron chi connectivity index (χ4n) is 3.03. The highest BCUT2D eigenvalue weighted by molar-refractivity contribution is 7.98. The monoisotopic (exact) mass is 412 g/mol. The van der Waals surface area contributed by atoms with Gasteiger partial charge in [0.05, 0.1) is 11.1 Å². The molecule has 0 spiro atoms. The van der Waals surface area contributed by atoms with E-state index in [1.54, 1.807) is 15.9 Å². The second-order valence-electron chi connectivity index (χ2n) is 6.57. The number of hydrogen-bond acceptors (Lipinski definition) is 7. The quantitative estimate of drug-likeness (QED) is 0.348. The lowest BCUT2D eigenvalue weighted by Crippen LogP contribution is -2.22. The van der Waals surface area contributed by atoms with Gasteiger partial charge in [0.15, 0.2) is 5.16 Å². The maximum Gasteiger partial charge on any atom is 0.263 e. The van der Waals surface area contributed by atoms with Crippen molar-refractivity contribution in [3.63, 3.8) is 0 Å². The summed E-state index contributed by atoms with van der Waals surface area (Å²) in [5.41, 5.74) is 3.08. The number of rotatable bonds is 5. The Balaban J connectivity index is 1.62. The Hall–Kier alpha value is -2.45. The van der Waals surface area contributed by atoms with Crippen molar-refractivity contribution in [3.05, 3.63) is 56.5 Å². The minimum atomic E-state index is 0.0165. The van der Waals surface area contributed by atoms with Crippen molar-refractivity contribution in [3.8, 4) is 11.5 Å². The van der Waals surface area contributed by atoms with E-state index in [0.717, 1.165) is 31.8 Å². The molecule has 0 aliphatic heterocycles. The molecule has 0 aliphatic rings. The molecule has 0 amide bonds. The molecule has 28 heavy (non-hydrogen) atoms. The van der Waals surface area contributed by atoms with Crippen LogP contribution in [-0.4, -0.2) is 19.7 Å². The van der Waals surface area contributed by atoms with Gasteiger partial charge in [-0.3, -0.25) is 9.36 Å². The molecule has 4 aromatic rings. The number of hydrogen-bond donors (Lipinski definition) is 0. The van der Waals surface area contributed by atoms with Crippen LogP contribution in [0.5, 0.6) is 0 Å². The van der Waals surface area contributed by atoms with Gasteiger partial charge in [-0.2, -0.15) is 0 Å². The van der Waals surface area contributed by atoms with E-state index in [4.69, 9.17) is 9.40 Å². The van der Waals surface area contributed by atoms with E-state index in [0.29, 0.717) is 29.2 Å². The van der Waals surface area contributed by atoms with Gasteiger partial charge in [-0.05, 0) is 45.4 Å². The molecule has 0 unspecified atom stereocenters. The Bertz CT molecular complexity index is 1220. The van der Waals surface area contributed by atoms with Crippen molar-refractivity contribution in [1.29, 1.82) is 0 Å². The van der Waals surface area contributed by atoms with Crippen LogP contribution in [0.15, 0.2) is 38.6 Å². The highest BCUT2D eigenvalue weighted by atomic mass is 32.2. The number of thioether (sulfide) groups is 1. The van der Waals surface area contributed by atoms with Crippen molar-refractivity contribution in [2.24, 2.45) is 0 Å². The first-order valence-corrected chi connectivity index (χ1v) is 10.8. The minimum absolute atomic E-state index is 0.0165. The van der Waals surface area contributed by atoms with E-state index in [1.807, 2.05) is 52.0 Å². The topological polar surface area (TPSA) is 73.8 Å². The highest BCUT2D eigenvalue weighted by Gasteiger charge is 2.17. The lowest BCUT2D eigenvalue weighted by molar-refractivity contribution is 0.527. The predicted octanol–water partition coefficient (Wildman–Crippen LogP) is 4.75. The van der Waals surface area contributed by atoms with Gasteiger partial charge in [-0.15, -0.1) is 21.5 Å². The second-order valence-corrected chi connectivity index (χ2v) is 8.71. The minimum Gasteiger partial charge on any atom is -0.420 e. The molecule has 0 fully saturated rings. The van der Waals surface area contributed by atoms with Gasteiger partial charge >= 0.3 is 0 Å². The summed E-state index contributed by atoms with van der Waals surface area (Å²) < 4.78 is 7.52. The van der Waals surface area contributed by atoms with Crippen LogP contribution in [0.3, 0.4) is 0 Å². The zero-order chi connectivity index (χ0) is 19.8. The van der Waals surface area contributed by atoms with Crippen LogP contribution in [0.2, 0.25) is 0 Å². The maximum atomic E-state index is 12.9. The summed E-state index contributed by atoms with van der Waals surface area (Å²) >= 11 is 3.00. The molecule has 0 bridgehead atoms. The lowest BCUT2D eigenvalue weighted by Gasteiger charge is -2.08. The summed E-state index contributed by atoms with van der Waals surface area (Å²) in [4.78, 5) is 19.6. The maximum absolute atomic E-state index is 12.9. The SMILES string of the molecule is CCn1c(SCc2nnc(-c3cccc(C)c3)o2)nc2sc(C)c(C)c2c1=O. The van der Waals surface area contributed by atoms with Crippen LogP contribution < -0.4 is 5.56 Å². The van der Waals surface area contributed by atoms with Crippen molar-refractivity contribution in [2.45, 2.75) is 45.1 Å². The van der Waals surface area contributed by atoms with Crippen LogP contribution in [-0.2, 0) is 12.3 Å². The van der Waals surface area contributed by atoms with E-state index in [2.05, 4.69) is 10.2 Å². The molecule has 1 aromatic carbocycles. The average molecular weight is 413 g/mol. The van der Waals surface area contributed by atoms with E-state index < -0.39 is 0 Å². The Morgan fingerprint density at radius 3 is 2.79 bits per heavy atom. The van der Waals surface area contributed by atoms with E-state index in [-0.39, 0.29) is 5.56 Å². The molecule has 0 saturated heterocycles. The summed E-state index contributed by atoms with van der Waals surface area (Å²) in [5, 5.41) is 9.70. The summed E-state index contributed by atoms with van der Waals surface area (Å²) in [6.45, 7) is 8.55. The largest absolute Gasteiger partial charge is 0.420 e. The fraction of sp³-hybridized carbons (Fsp3) is 0.300. The van der Waals surface area contributed by atoms with Gasteiger partial charge in [0.1, 0.15) is 4.83 Å². The molecule has 0 aliphatic carbocycles. The van der Waals surface area contributed by atoms with Crippen LogP contribution in [0.25, 0.3) is 21.7 Å². The molecule has 3 heterocycles. The molecule has 0 N–H and O–H groups in total. The Kier molecular flexibility index (Phi) is 5.07. The molecule has 0 atom stereocenters. The van der Waals surface area contributed by atoms with Gasteiger partial charge in [-0.25, -0.2) is 4.98 Å². The number of fused-ring (bicyclic) bond motifs is 1. The fourth-order valence-corrected chi connectivity index (χ4v) is 5.00. The molecule has 8 heteroatoms. The van der Waals surface area contributed by atoms with Crippen molar-refractivity contribution in [2.75, 3.05) is 0 Å². The average Bonchev–Trinajstić information content (AvgIpc) is 3.25. The highest BCUT2D eigenvalue weighted by Crippen LogP contribution is 2.29. The van der Waals surface area contributed by atoms with Crippen molar-refractivity contribution in [1.82, 2.24) is 19.7 Å². The third kappa shape index (κ3) is 3.38. The zero-order valence-electron chi connectivity index (χ0n) is 16.1. The Labute approximate surface area is 170 Å². The number of aryl methyl sites for hydroxylation is 3. The van der Waals surface area contributed by atoms with Gasteiger partial charge in [-0.1, -0.05) is 29.5 Å². The zero-order valence-corrected chi connectivity index (χ0v) is 17.8. The van der Waals surface area contributed by atoms with E-state index in [9.17, 15) is 4.79 Å².